The van der Waals surface area contributed by atoms with Gasteiger partial charge in [-0.2, -0.15) is 0 Å². The van der Waals surface area contributed by atoms with Crippen LogP contribution in [0.3, 0.4) is 0 Å². The molecule has 0 saturated heterocycles. The maximum absolute atomic E-state index is 10.4. The minimum Gasteiger partial charge on any atom is -0.491 e. The van der Waals surface area contributed by atoms with Crippen LogP contribution in [0.5, 0.6) is 5.75 Å². The highest BCUT2D eigenvalue weighted by molar-refractivity contribution is 5.75. The number of carbonyl (C=O) groups excluding carboxylic acids is 1. The zero-order valence-corrected chi connectivity index (χ0v) is 7.92. The second kappa shape index (κ2) is 5.11. The molecule has 15 heavy (non-hydrogen) atoms. The number of hydrogen-bond acceptors (Lipinski definition) is 4. The average molecular weight is 209 g/mol. The average Bonchev–Trinajstić information content (AvgIpc) is 2.26. The molecule has 0 unspecified atom stereocenters. The number of aldehydes is 1. The number of rotatable bonds is 5. The van der Waals surface area contributed by atoms with Crippen LogP contribution in [0.4, 0.5) is 0 Å². The zero-order valence-electron chi connectivity index (χ0n) is 7.92. The van der Waals surface area contributed by atoms with E-state index in [4.69, 9.17) is 15.6 Å². The first-order valence-corrected chi connectivity index (χ1v) is 4.30. The fourth-order valence-electron chi connectivity index (χ4n) is 0.935. The third-order valence-electron chi connectivity index (χ3n) is 1.74. The summed E-state index contributed by atoms with van der Waals surface area (Å²) >= 11 is 0. The van der Waals surface area contributed by atoms with Gasteiger partial charge in [-0.3, -0.25) is 9.59 Å². The molecule has 5 nitrogen and oxygen atoms in total. The lowest BCUT2D eigenvalue weighted by Gasteiger charge is -2.09. The van der Waals surface area contributed by atoms with E-state index in [0.29, 0.717) is 17.6 Å². The number of ether oxygens (including phenoxy) is 1. The zero-order chi connectivity index (χ0) is 11.3. The Bertz CT molecular complexity index is 364. The van der Waals surface area contributed by atoms with Crippen molar-refractivity contribution >= 4 is 12.3 Å². The fraction of sp³-hybridized carbons (Fsp3) is 0.200. The van der Waals surface area contributed by atoms with Crippen molar-refractivity contribution in [2.45, 2.75) is 6.04 Å². The maximum Gasteiger partial charge on any atom is 0.324 e. The maximum atomic E-state index is 10.4. The van der Waals surface area contributed by atoms with E-state index in [9.17, 15) is 9.59 Å². The van der Waals surface area contributed by atoms with Gasteiger partial charge in [-0.15, -0.1) is 0 Å². The number of hydrogen-bond donors (Lipinski definition) is 2. The first kappa shape index (κ1) is 11.2. The normalized spacial score (nSPS) is 11.8. The number of carboxylic acids is 1. The summed E-state index contributed by atoms with van der Waals surface area (Å²) in [6.07, 6.45) is 0.685. The topological polar surface area (TPSA) is 89.6 Å². The smallest absolute Gasteiger partial charge is 0.324 e. The van der Waals surface area contributed by atoms with Gasteiger partial charge in [0.05, 0.1) is 0 Å². The molecule has 0 spiro atoms. The molecule has 1 atom stereocenters. The summed E-state index contributed by atoms with van der Waals surface area (Å²) in [7, 11) is 0. The lowest BCUT2D eigenvalue weighted by molar-refractivity contribution is -0.139. The van der Waals surface area contributed by atoms with Crippen LogP contribution in [-0.2, 0) is 4.79 Å². The summed E-state index contributed by atoms with van der Waals surface area (Å²) in [6, 6.07) is 5.34. The minimum absolute atomic E-state index is 0.127. The van der Waals surface area contributed by atoms with Crippen LogP contribution < -0.4 is 10.5 Å². The Balaban J connectivity index is 2.57. The van der Waals surface area contributed by atoms with Crippen molar-refractivity contribution < 1.29 is 19.4 Å². The van der Waals surface area contributed by atoms with E-state index >= 15 is 0 Å². The first-order valence-electron chi connectivity index (χ1n) is 4.30. The highest BCUT2D eigenvalue weighted by Gasteiger charge is 2.11. The quantitative estimate of drug-likeness (QED) is 0.680. The van der Waals surface area contributed by atoms with Crippen molar-refractivity contribution in [1.29, 1.82) is 0 Å². The number of carboxylic acid groups (broad SMARTS) is 1. The molecule has 0 bridgehead atoms. The largest absolute Gasteiger partial charge is 0.491 e. The van der Waals surface area contributed by atoms with Crippen LogP contribution in [-0.4, -0.2) is 30.0 Å². The number of nitrogens with two attached hydrogens (primary N) is 1. The minimum atomic E-state index is -1.12. The van der Waals surface area contributed by atoms with Crippen molar-refractivity contribution in [3.8, 4) is 5.75 Å². The molecule has 0 aliphatic rings. The van der Waals surface area contributed by atoms with E-state index in [-0.39, 0.29) is 6.61 Å². The fourth-order valence-corrected chi connectivity index (χ4v) is 0.935. The van der Waals surface area contributed by atoms with Crippen molar-refractivity contribution in [3.05, 3.63) is 29.8 Å². The van der Waals surface area contributed by atoms with E-state index in [2.05, 4.69) is 0 Å². The van der Waals surface area contributed by atoms with Crippen LogP contribution in [0, 0.1) is 0 Å². The van der Waals surface area contributed by atoms with Gasteiger partial charge in [0.25, 0.3) is 0 Å². The molecule has 0 aliphatic carbocycles. The Kier molecular flexibility index (Phi) is 3.82. The molecule has 0 aliphatic heterocycles. The summed E-state index contributed by atoms with van der Waals surface area (Å²) in [6.45, 7) is -0.127. The van der Waals surface area contributed by atoms with Crippen molar-refractivity contribution in [3.63, 3.8) is 0 Å². The molecule has 0 radical (unpaired) electrons. The van der Waals surface area contributed by atoms with Gasteiger partial charge in [0.1, 0.15) is 24.7 Å². The van der Waals surface area contributed by atoms with Gasteiger partial charge in [-0.25, -0.2) is 0 Å². The van der Waals surface area contributed by atoms with E-state index in [1.54, 1.807) is 18.2 Å². The Morgan fingerprint density at radius 1 is 1.60 bits per heavy atom. The van der Waals surface area contributed by atoms with Crippen LogP contribution >= 0.6 is 0 Å². The predicted molar refractivity (Wildman–Crippen MR) is 52.9 cm³/mol. The van der Waals surface area contributed by atoms with Crippen molar-refractivity contribution in [2.24, 2.45) is 5.73 Å². The monoisotopic (exact) mass is 209 g/mol. The van der Waals surface area contributed by atoms with Crippen LogP contribution in [0.25, 0.3) is 0 Å². The third-order valence-corrected chi connectivity index (χ3v) is 1.74. The Labute approximate surface area is 86.5 Å². The first-order chi connectivity index (χ1) is 7.13. The summed E-state index contributed by atoms with van der Waals surface area (Å²) in [5, 5.41) is 8.50. The SMILES string of the molecule is N[C@@H](COc1cccc(C=O)c1)C(=O)O. The van der Waals surface area contributed by atoms with Gasteiger partial charge in [-0.05, 0) is 12.1 Å². The Morgan fingerprint density at radius 3 is 2.93 bits per heavy atom. The van der Waals surface area contributed by atoms with E-state index in [0.717, 1.165) is 0 Å². The second-order valence-corrected chi connectivity index (χ2v) is 2.95. The lowest BCUT2D eigenvalue weighted by Crippen LogP contribution is -2.36. The van der Waals surface area contributed by atoms with Crippen LogP contribution in [0.1, 0.15) is 10.4 Å². The molecule has 1 aromatic carbocycles. The molecule has 0 amide bonds. The molecular weight excluding hydrogens is 198 g/mol. The number of benzene rings is 1. The van der Waals surface area contributed by atoms with Gasteiger partial charge in [-0.1, -0.05) is 12.1 Å². The summed E-state index contributed by atoms with van der Waals surface area (Å²) in [4.78, 5) is 20.8. The van der Waals surface area contributed by atoms with Crippen LogP contribution in [0.15, 0.2) is 24.3 Å². The number of aliphatic carboxylic acids is 1. The van der Waals surface area contributed by atoms with Gasteiger partial charge >= 0.3 is 5.97 Å². The lowest BCUT2D eigenvalue weighted by atomic mass is 10.2. The van der Waals surface area contributed by atoms with Gasteiger partial charge in [0.2, 0.25) is 0 Å². The molecular formula is C10H11NO4. The number of carbonyl (C=O) groups is 2. The van der Waals surface area contributed by atoms with Gasteiger partial charge < -0.3 is 15.6 Å². The summed E-state index contributed by atoms with van der Waals surface area (Å²) < 4.78 is 5.11. The molecule has 0 saturated carbocycles. The van der Waals surface area contributed by atoms with E-state index < -0.39 is 12.0 Å². The molecule has 3 N–H and O–H groups in total. The second-order valence-electron chi connectivity index (χ2n) is 2.95. The molecule has 80 valence electrons. The molecule has 1 aromatic rings. The highest BCUT2D eigenvalue weighted by atomic mass is 16.5. The molecule has 0 fully saturated rings. The standard InChI is InChI=1S/C10H11NO4/c11-9(10(13)14)6-15-8-3-1-2-7(4-8)5-12/h1-5,9H,6,11H2,(H,13,14)/t9-/m0/s1. The molecule has 5 heteroatoms. The Morgan fingerprint density at radius 2 is 2.33 bits per heavy atom. The van der Waals surface area contributed by atoms with E-state index in [1.165, 1.54) is 6.07 Å². The third kappa shape index (κ3) is 3.40. The van der Waals surface area contributed by atoms with Crippen molar-refractivity contribution in [1.82, 2.24) is 0 Å². The molecule has 0 aromatic heterocycles. The Hall–Kier alpha value is -1.88. The van der Waals surface area contributed by atoms with E-state index in [1.807, 2.05) is 0 Å². The molecule has 1 rings (SSSR count). The van der Waals surface area contributed by atoms with Crippen LogP contribution in [0.2, 0.25) is 0 Å². The summed E-state index contributed by atoms with van der Waals surface area (Å²) in [5.74, 6) is -0.696. The van der Waals surface area contributed by atoms with Crippen molar-refractivity contribution in [2.75, 3.05) is 6.61 Å². The predicted octanol–water partition coefficient (Wildman–Crippen LogP) is 0.290. The van der Waals surface area contributed by atoms with Gasteiger partial charge in [0.15, 0.2) is 0 Å². The summed E-state index contributed by atoms with van der Waals surface area (Å²) in [5.41, 5.74) is 5.71. The van der Waals surface area contributed by atoms with Gasteiger partial charge in [0, 0.05) is 5.56 Å². The highest BCUT2D eigenvalue weighted by Crippen LogP contribution is 2.11. The molecule has 0 heterocycles.